The number of nitrogens with zero attached hydrogens (tertiary/aromatic N) is 1. The van der Waals surface area contributed by atoms with Crippen LogP contribution in [0, 0.1) is 11.8 Å². The second-order valence-corrected chi connectivity index (χ2v) is 5.60. The van der Waals surface area contributed by atoms with Crippen LogP contribution >= 0.6 is 11.3 Å². The quantitative estimate of drug-likeness (QED) is 0.830. The minimum atomic E-state index is -0.180. The Morgan fingerprint density at radius 1 is 1.60 bits per heavy atom. The van der Waals surface area contributed by atoms with E-state index >= 15 is 0 Å². The lowest BCUT2D eigenvalue weighted by molar-refractivity contribution is -0.117. The van der Waals surface area contributed by atoms with Gasteiger partial charge < -0.3 is 15.2 Å². The van der Waals surface area contributed by atoms with Gasteiger partial charge in [0, 0.05) is 13.0 Å². The lowest BCUT2D eigenvalue weighted by Gasteiger charge is -2.21. The van der Waals surface area contributed by atoms with E-state index in [9.17, 15) is 4.79 Å². The minimum absolute atomic E-state index is 0.0461. The third kappa shape index (κ3) is 4.93. The van der Waals surface area contributed by atoms with Gasteiger partial charge in [0.05, 0.1) is 17.2 Å². The molecule has 1 fully saturated rings. The maximum atomic E-state index is 11.8. The van der Waals surface area contributed by atoms with Gasteiger partial charge in [0.15, 0.2) is 5.13 Å². The fourth-order valence-electron chi connectivity index (χ4n) is 2.03. The van der Waals surface area contributed by atoms with Gasteiger partial charge in [0.2, 0.25) is 5.91 Å². The van der Waals surface area contributed by atoms with E-state index in [4.69, 9.17) is 9.84 Å². The molecule has 0 spiro atoms. The number of amides is 1. The standard InChI is InChI=1S/C14H18N2O3S/c17-8-3-5-12-10-15-14(20-12)16-13(18)7-6-11-4-1-2-9-19-11/h10-11,17H,1-2,4,6-9H2,(H,15,16,18). The summed E-state index contributed by atoms with van der Waals surface area (Å²) < 4.78 is 5.59. The van der Waals surface area contributed by atoms with Crippen molar-refractivity contribution in [3.05, 3.63) is 11.1 Å². The summed E-state index contributed by atoms with van der Waals surface area (Å²) in [5.41, 5.74) is 0. The van der Waals surface area contributed by atoms with E-state index in [1.807, 2.05) is 0 Å². The van der Waals surface area contributed by atoms with Gasteiger partial charge in [-0.1, -0.05) is 23.2 Å². The summed E-state index contributed by atoms with van der Waals surface area (Å²) in [5, 5.41) is 11.9. The zero-order valence-electron chi connectivity index (χ0n) is 11.2. The first-order chi connectivity index (χ1) is 9.78. The van der Waals surface area contributed by atoms with E-state index in [1.165, 1.54) is 17.8 Å². The van der Waals surface area contributed by atoms with Crippen LogP contribution in [0.1, 0.15) is 37.0 Å². The number of hydrogen-bond acceptors (Lipinski definition) is 5. The average Bonchev–Trinajstić information content (AvgIpc) is 2.91. The first kappa shape index (κ1) is 15.0. The summed E-state index contributed by atoms with van der Waals surface area (Å²) >= 11 is 1.30. The highest BCUT2D eigenvalue weighted by Gasteiger charge is 2.15. The predicted molar refractivity (Wildman–Crippen MR) is 77.5 cm³/mol. The van der Waals surface area contributed by atoms with Gasteiger partial charge in [-0.15, -0.1) is 0 Å². The molecule has 2 N–H and O–H groups in total. The smallest absolute Gasteiger partial charge is 0.226 e. The average molecular weight is 294 g/mol. The van der Waals surface area contributed by atoms with Crippen molar-refractivity contribution in [3.63, 3.8) is 0 Å². The maximum absolute atomic E-state index is 11.8. The molecule has 1 aromatic rings. The molecule has 1 amide bonds. The van der Waals surface area contributed by atoms with Gasteiger partial charge in [-0.2, -0.15) is 0 Å². The summed E-state index contributed by atoms with van der Waals surface area (Å²) in [5.74, 6) is 5.26. The normalized spacial score (nSPS) is 18.1. The number of aromatic nitrogens is 1. The topological polar surface area (TPSA) is 71.5 Å². The van der Waals surface area contributed by atoms with Crippen molar-refractivity contribution in [2.24, 2.45) is 0 Å². The highest BCUT2D eigenvalue weighted by atomic mass is 32.1. The Morgan fingerprint density at radius 3 is 3.25 bits per heavy atom. The van der Waals surface area contributed by atoms with E-state index in [-0.39, 0.29) is 18.6 Å². The number of aliphatic hydroxyl groups is 1. The lowest BCUT2D eigenvalue weighted by atomic mass is 10.0. The third-order valence-corrected chi connectivity index (χ3v) is 3.84. The second-order valence-electron chi connectivity index (χ2n) is 4.56. The van der Waals surface area contributed by atoms with E-state index in [0.717, 1.165) is 30.7 Å². The van der Waals surface area contributed by atoms with Crippen LogP contribution in [-0.2, 0) is 9.53 Å². The molecule has 20 heavy (non-hydrogen) atoms. The van der Waals surface area contributed by atoms with E-state index in [2.05, 4.69) is 22.1 Å². The Hall–Kier alpha value is -1.42. The number of rotatable bonds is 4. The molecule has 0 aliphatic carbocycles. The molecule has 2 rings (SSSR count). The number of thiazole rings is 1. The van der Waals surface area contributed by atoms with Crippen LogP contribution in [0.5, 0.6) is 0 Å². The van der Waals surface area contributed by atoms with Crippen LogP contribution in [0.3, 0.4) is 0 Å². The molecule has 1 unspecified atom stereocenters. The molecule has 5 nitrogen and oxygen atoms in total. The molecule has 6 heteroatoms. The van der Waals surface area contributed by atoms with Crippen molar-refractivity contribution < 1.29 is 14.6 Å². The zero-order chi connectivity index (χ0) is 14.2. The molecular formula is C14H18N2O3S. The number of anilines is 1. The lowest BCUT2D eigenvalue weighted by Crippen LogP contribution is -2.21. The fraction of sp³-hybridized carbons (Fsp3) is 0.571. The number of aliphatic hydroxyl groups excluding tert-OH is 1. The largest absolute Gasteiger partial charge is 0.384 e. The van der Waals surface area contributed by atoms with E-state index in [0.29, 0.717) is 11.6 Å². The van der Waals surface area contributed by atoms with Crippen LogP contribution < -0.4 is 5.32 Å². The molecule has 0 saturated carbocycles. The summed E-state index contributed by atoms with van der Waals surface area (Å²) in [6.45, 7) is 0.632. The highest BCUT2D eigenvalue weighted by molar-refractivity contribution is 7.16. The van der Waals surface area contributed by atoms with Gasteiger partial charge in [-0.3, -0.25) is 4.79 Å². The van der Waals surface area contributed by atoms with Crippen molar-refractivity contribution >= 4 is 22.4 Å². The van der Waals surface area contributed by atoms with Gasteiger partial charge in [0.1, 0.15) is 6.61 Å². The van der Waals surface area contributed by atoms with Crippen LogP contribution in [0.25, 0.3) is 0 Å². The highest BCUT2D eigenvalue weighted by Crippen LogP contribution is 2.19. The predicted octanol–water partition coefficient (Wildman–Crippen LogP) is 1.77. The Bertz CT molecular complexity index is 498. The number of ether oxygens (including phenoxy) is 1. The minimum Gasteiger partial charge on any atom is -0.384 e. The van der Waals surface area contributed by atoms with Gasteiger partial charge in [-0.25, -0.2) is 4.98 Å². The fourth-order valence-corrected chi connectivity index (χ4v) is 2.73. The Balaban J connectivity index is 1.74. The molecule has 1 saturated heterocycles. The maximum Gasteiger partial charge on any atom is 0.226 e. The third-order valence-electron chi connectivity index (χ3n) is 3.01. The molecule has 1 aliphatic heterocycles. The molecule has 108 valence electrons. The van der Waals surface area contributed by atoms with Crippen LogP contribution in [-0.4, -0.2) is 35.3 Å². The monoisotopic (exact) mass is 294 g/mol. The zero-order valence-corrected chi connectivity index (χ0v) is 12.0. The Labute approximate surface area is 122 Å². The van der Waals surface area contributed by atoms with Gasteiger partial charge in [-0.05, 0) is 25.7 Å². The number of carbonyl (C=O) groups is 1. The van der Waals surface area contributed by atoms with E-state index in [1.54, 1.807) is 6.20 Å². The summed E-state index contributed by atoms with van der Waals surface area (Å²) in [4.78, 5) is 16.6. The Kier molecular flexibility index (Phi) is 5.99. The van der Waals surface area contributed by atoms with Crippen molar-refractivity contribution in [3.8, 4) is 11.8 Å². The van der Waals surface area contributed by atoms with Crippen molar-refractivity contribution in [1.29, 1.82) is 0 Å². The SMILES string of the molecule is O=C(CCC1CCCCO1)Nc1ncc(C#CCO)s1. The van der Waals surface area contributed by atoms with Crippen LogP contribution in [0.4, 0.5) is 5.13 Å². The first-order valence-electron chi connectivity index (χ1n) is 6.75. The van der Waals surface area contributed by atoms with Crippen LogP contribution in [0.2, 0.25) is 0 Å². The molecule has 1 atom stereocenters. The molecule has 0 aromatic carbocycles. The summed E-state index contributed by atoms with van der Waals surface area (Å²) in [6.07, 6.45) is 6.37. The number of nitrogens with one attached hydrogen (secondary N) is 1. The van der Waals surface area contributed by atoms with E-state index < -0.39 is 0 Å². The number of carbonyl (C=O) groups excluding carboxylic acids is 1. The van der Waals surface area contributed by atoms with Gasteiger partial charge in [0.25, 0.3) is 0 Å². The molecule has 1 aliphatic rings. The van der Waals surface area contributed by atoms with Crippen molar-refractivity contribution in [2.45, 2.75) is 38.2 Å². The second kappa shape index (κ2) is 8.00. The Morgan fingerprint density at radius 2 is 2.50 bits per heavy atom. The molecule has 0 bridgehead atoms. The molecule has 0 radical (unpaired) electrons. The molecular weight excluding hydrogens is 276 g/mol. The molecule has 1 aromatic heterocycles. The van der Waals surface area contributed by atoms with Crippen molar-refractivity contribution in [2.75, 3.05) is 18.5 Å². The summed E-state index contributed by atoms with van der Waals surface area (Å²) in [7, 11) is 0. The molecule has 2 heterocycles. The first-order valence-corrected chi connectivity index (χ1v) is 7.56. The summed E-state index contributed by atoms with van der Waals surface area (Å²) in [6, 6.07) is 0. The number of hydrogen-bond donors (Lipinski definition) is 2. The van der Waals surface area contributed by atoms with Crippen LogP contribution in [0.15, 0.2) is 6.20 Å². The van der Waals surface area contributed by atoms with Gasteiger partial charge >= 0.3 is 0 Å². The van der Waals surface area contributed by atoms with Crippen molar-refractivity contribution in [1.82, 2.24) is 4.98 Å².